The summed E-state index contributed by atoms with van der Waals surface area (Å²) in [6.07, 6.45) is 10.7. The van der Waals surface area contributed by atoms with Crippen LogP contribution in [0, 0.1) is 0 Å². The first-order chi connectivity index (χ1) is 10.2. The molecule has 0 aliphatic carbocycles. The second-order valence-electron chi connectivity index (χ2n) is 6.06. The van der Waals surface area contributed by atoms with Gasteiger partial charge in [0.05, 0.1) is 17.9 Å². The van der Waals surface area contributed by atoms with E-state index in [1.807, 2.05) is 35.4 Å². The lowest BCUT2D eigenvalue weighted by Crippen LogP contribution is -2.56. The van der Waals surface area contributed by atoms with Crippen LogP contribution in [0.15, 0.2) is 24.8 Å². The Morgan fingerprint density at radius 1 is 1.24 bits per heavy atom. The Kier molecular flexibility index (Phi) is 2.83. The first-order valence-electron chi connectivity index (χ1n) is 7.53. The number of rotatable bonds is 1. The molecule has 2 aliphatic rings. The highest BCUT2D eigenvalue weighted by molar-refractivity contribution is 5.75. The number of amides is 2. The van der Waals surface area contributed by atoms with E-state index in [0.29, 0.717) is 12.0 Å². The van der Waals surface area contributed by atoms with E-state index < -0.39 is 0 Å². The topological polar surface area (TPSA) is 53.7 Å². The summed E-state index contributed by atoms with van der Waals surface area (Å²) in [5.41, 5.74) is 1.01. The number of urea groups is 1. The Morgan fingerprint density at radius 2 is 2.14 bits per heavy atom. The van der Waals surface area contributed by atoms with Crippen LogP contribution in [0.25, 0.3) is 5.52 Å². The molecule has 0 saturated carbocycles. The van der Waals surface area contributed by atoms with E-state index >= 15 is 0 Å². The highest BCUT2D eigenvalue weighted by Gasteiger charge is 2.37. The lowest BCUT2D eigenvalue weighted by atomic mass is 9.89. The molecule has 0 spiro atoms. The Balaban J connectivity index is 1.64. The van der Waals surface area contributed by atoms with Gasteiger partial charge in [-0.15, -0.1) is 0 Å². The average molecular weight is 285 g/mol. The molecule has 0 N–H and O–H groups in total. The Labute approximate surface area is 123 Å². The van der Waals surface area contributed by atoms with Crippen LogP contribution in [-0.4, -0.2) is 56.4 Å². The van der Waals surface area contributed by atoms with E-state index in [1.165, 1.54) is 0 Å². The second kappa shape index (κ2) is 4.72. The molecule has 2 aromatic rings. The fraction of sp³-hybridized carbons (Fsp3) is 0.533. The molecular formula is C15H19N5O. The third-order valence-electron chi connectivity index (χ3n) is 4.80. The lowest BCUT2D eigenvalue weighted by molar-refractivity contribution is 0.0805. The van der Waals surface area contributed by atoms with E-state index in [9.17, 15) is 4.79 Å². The van der Waals surface area contributed by atoms with Crippen molar-refractivity contribution in [2.45, 2.75) is 31.2 Å². The van der Waals surface area contributed by atoms with E-state index in [1.54, 1.807) is 6.20 Å². The smallest absolute Gasteiger partial charge is 0.320 e. The number of hydrogen-bond acceptors (Lipinski definition) is 3. The predicted octanol–water partition coefficient (Wildman–Crippen LogP) is 1.73. The first-order valence-corrected chi connectivity index (χ1v) is 7.53. The molecule has 2 amide bonds. The maximum atomic E-state index is 12.4. The highest BCUT2D eigenvalue weighted by Crippen LogP contribution is 2.33. The van der Waals surface area contributed by atoms with Gasteiger partial charge in [0.1, 0.15) is 5.82 Å². The molecule has 6 nitrogen and oxygen atoms in total. The average Bonchev–Trinajstić information content (AvgIpc) is 2.95. The molecular weight excluding hydrogens is 266 g/mol. The number of hydrogen-bond donors (Lipinski definition) is 0. The van der Waals surface area contributed by atoms with Crippen LogP contribution < -0.4 is 0 Å². The van der Waals surface area contributed by atoms with Gasteiger partial charge >= 0.3 is 6.03 Å². The number of piperidine rings is 1. The molecule has 110 valence electrons. The van der Waals surface area contributed by atoms with Crippen LogP contribution in [0.1, 0.15) is 31.0 Å². The van der Waals surface area contributed by atoms with Gasteiger partial charge in [0, 0.05) is 44.5 Å². The van der Waals surface area contributed by atoms with Crippen molar-refractivity contribution < 1.29 is 4.79 Å². The van der Waals surface area contributed by atoms with E-state index in [4.69, 9.17) is 0 Å². The van der Waals surface area contributed by atoms with Gasteiger partial charge in [-0.2, -0.15) is 0 Å². The Hall–Kier alpha value is -2.11. The van der Waals surface area contributed by atoms with Gasteiger partial charge in [0.25, 0.3) is 0 Å². The molecule has 4 rings (SSSR count). The number of nitrogens with zero attached hydrogens (tertiary/aromatic N) is 5. The summed E-state index contributed by atoms with van der Waals surface area (Å²) in [5, 5.41) is 0. The maximum Gasteiger partial charge on any atom is 0.320 e. The zero-order valence-electron chi connectivity index (χ0n) is 12.1. The van der Waals surface area contributed by atoms with Gasteiger partial charge in [-0.25, -0.2) is 9.78 Å². The van der Waals surface area contributed by atoms with Crippen molar-refractivity contribution in [3.05, 3.63) is 30.6 Å². The van der Waals surface area contributed by atoms with Gasteiger partial charge in [0.2, 0.25) is 0 Å². The van der Waals surface area contributed by atoms with E-state index in [0.717, 1.165) is 43.7 Å². The maximum absolute atomic E-state index is 12.4. The van der Waals surface area contributed by atoms with Gasteiger partial charge in [-0.3, -0.25) is 4.98 Å². The molecule has 2 aliphatic heterocycles. The van der Waals surface area contributed by atoms with Crippen molar-refractivity contribution in [2.24, 2.45) is 0 Å². The monoisotopic (exact) mass is 285 g/mol. The Bertz CT molecular complexity index is 682. The van der Waals surface area contributed by atoms with E-state index in [-0.39, 0.29) is 6.03 Å². The molecule has 0 radical (unpaired) electrons. The molecule has 6 heteroatoms. The molecule has 2 atom stereocenters. The summed E-state index contributed by atoms with van der Waals surface area (Å²) in [7, 11) is 1.89. The molecule has 0 aromatic carbocycles. The van der Waals surface area contributed by atoms with Crippen LogP contribution >= 0.6 is 0 Å². The van der Waals surface area contributed by atoms with Crippen LogP contribution in [0.2, 0.25) is 0 Å². The van der Waals surface area contributed by atoms with Gasteiger partial charge < -0.3 is 14.2 Å². The van der Waals surface area contributed by atoms with Crippen molar-refractivity contribution >= 4 is 11.5 Å². The lowest BCUT2D eigenvalue weighted by Gasteiger charge is -2.45. The number of carbonyl (C=O) groups is 1. The largest absolute Gasteiger partial charge is 0.328 e. The quantitative estimate of drug-likeness (QED) is 0.802. The number of imidazole rings is 1. The molecule has 2 unspecified atom stereocenters. The van der Waals surface area contributed by atoms with Crippen LogP contribution in [0.4, 0.5) is 4.79 Å². The summed E-state index contributed by atoms with van der Waals surface area (Å²) in [4.78, 5) is 24.9. The third-order valence-corrected chi connectivity index (χ3v) is 4.80. The van der Waals surface area contributed by atoms with Crippen LogP contribution in [0.5, 0.6) is 0 Å². The van der Waals surface area contributed by atoms with Gasteiger partial charge in [-0.05, 0) is 19.3 Å². The van der Waals surface area contributed by atoms with Crippen molar-refractivity contribution in [3.63, 3.8) is 0 Å². The van der Waals surface area contributed by atoms with Gasteiger partial charge in [-0.1, -0.05) is 0 Å². The molecule has 21 heavy (non-hydrogen) atoms. The highest BCUT2D eigenvalue weighted by atomic mass is 16.2. The van der Waals surface area contributed by atoms with Crippen molar-refractivity contribution in [1.82, 2.24) is 24.2 Å². The van der Waals surface area contributed by atoms with Crippen LogP contribution in [0.3, 0.4) is 0 Å². The molecule has 2 fully saturated rings. The first kappa shape index (κ1) is 12.6. The molecule has 4 heterocycles. The SMILES string of the molecule is CN1CCC2CCC(c3ncc4cnccn34)CN2C1=O. The minimum atomic E-state index is 0.165. The normalized spacial score (nSPS) is 26.2. The fourth-order valence-electron chi connectivity index (χ4n) is 3.60. The zero-order valence-corrected chi connectivity index (χ0v) is 12.1. The standard InChI is InChI=1S/C15H19N5O/c1-18-6-4-12-3-2-11(10-20(12)15(18)21)14-17-9-13-8-16-5-7-19(13)14/h5,7-9,11-12H,2-4,6,10H2,1H3. The summed E-state index contributed by atoms with van der Waals surface area (Å²) in [6, 6.07) is 0.580. The summed E-state index contributed by atoms with van der Waals surface area (Å²) in [5.74, 6) is 1.36. The van der Waals surface area contributed by atoms with Crippen molar-refractivity contribution in [1.29, 1.82) is 0 Å². The number of aromatic nitrogens is 3. The molecule has 2 aromatic heterocycles. The molecule has 2 saturated heterocycles. The number of carbonyl (C=O) groups excluding carboxylic acids is 1. The van der Waals surface area contributed by atoms with Crippen molar-refractivity contribution in [3.8, 4) is 0 Å². The van der Waals surface area contributed by atoms with Gasteiger partial charge in [0.15, 0.2) is 0 Å². The van der Waals surface area contributed by atoms with E-state index in [2.05, 4.69) is 14.4 Å². The Morgan fingerprint density at radius 3 is 3.05 bits per heavy atom. The van der Waals surface area contributed by atoms with Crippen molar-refractivity contribution in [2.75, 3.05) is 20.1 Å². The third kappa shape index (κ3) is 1.97. The minimum absolute atomic E-state index is 0.165. The predicted molar refractivity (Wildman–Crippen MR) is 78.1 cm³/mol. The minimum Gasteiger partial charge on any atom is -0.328 e. The second-order valence-corrected chi connectivity index (χ2v) is 6.06. The number of fused-ring (bicyclic) bond motifs is 2. The summed E-state index contributed by atoms with van der Waals surface area (Å²) in [6.45, 7) is 1.65. The fourth-order valence-corrected chi connectivity index (χ4v) is 3.60. The zero-order chi connectivity index (χ0) is 14.4. The summed E-state index contributed by atoms with van der Waals surface area (Å²) < 4.78 is 2.09. The van der Waals surface area contributed by atoms with Crippen LogP contribution in [-0.2, 0) is 0 Å². The summed E-state index contributed by atoms with van der Waals surface area (Å²) >= 11 is 0. The molecule has 0 bridgehead atoms.